The van der Waals surface area contributed by atoms with Crippen LogP contribution >= 0.6 is 0 Å². The summed E-state index contributed by atoms with van der Waals surface area (Å²) >= 11 is 0. The first kappa shape index (κ1) is 15.6. The Morgan fingerprint density at radius 2 is 2.05 bits per heavy atom. The topological polar surface area (TPSA) is 51.1 Å². The Morgan fingerprint density at radius 1 is 1.26 bits per heavy atom. The third kappa shape index (κ3) is 4.96. The molecule has 5 heteroatoms. The van der Waals surface area contributed by atoms with E-state index in [0.717, 1.165) is 24.3 Å². The van der Waals surface area contributed by atoms with Gasteiger partial charge in [0.2, 0.25) is 0 Å². The average molecular weight is 266 g/mol. The molecule has 0 amide bonds. The van der Waals surface area contributed by atoms with Gasteiger partial charge in [0.15, 0.2) is 0 Å². The molecule has 106 valence electrons. The van der Waals surface area contributed by atoms with Crippen LogP contribution in [-0.4, -0.2) is 40.0 Å². The first-order valence-corrected chi connectivity index (χ1v) is 6.48. The minimum absolute atomic E-state index is 0.496. The second-order valence-corrected chi connectivity index (χ2v) is 4.25. The van der Waals surface area contributed by atoms with Gasteiger partial charge in [-0.05, 0) is 42.8 Å². The van der Waals surface area contributed by atoms with Crippen molar-refractivity contribution in [2.24, 2.45) is 5.18 Å². The highest BCUT2D eigenvalue weighted by molar-refractivity contribution is 5.57. The molecule has 0 aromatic heterocycles. The molecule has 0 atom stereocenters. The second kappa shape index (κ2) is 8.61. The molecule has 0 saturated heterocycles. The fraction of sp³-hybridized carbons (Fsp3) is 0.571. The molecule has 0 aliphatic heterocycles. The number of methoxy groups -OCH3 is 1. The molecule has 1 aromatic rings. The molecular weight excluding hydrogens is 244 g/mol. The van der Waals surface area contributed by atoms with E-state index in [4.69, 9.17) is 9.47 Å². The van der Waals surface area contributed by atoms with E-state index in [1.807, 2.05) is 19.1 Å². The largest absolute Gasteiger partial charge is 0.382 e. The number of hydrogen-bond acceptors (Lipinski definition) is 5. The number of aryl methyl sites for hydroxylation is 1. The van der Waals surface area contributed by atoms with Crippen LogP contribution in [0.3, 0.4) is 0 Å². The molecule has 0 radical (unpaired) electrons. The molecule has 5 nitrogen and oxygen atoms in total. The van der Waals surface area contributed by atoms with Crippen LogP contribution in [0.1, 0.15) is 12.5 Å². The average Bonchev–Trinajstić information content (AvgIpc) is 2.43. The van der Waals surface area contributed by atoms with Crippen LogP contribution in [0.5, 0.6) is 0 Å². The van der Waals surface area contributed by atoms with Crippen LogP contribution in [0.4, 0.5) is 11.4 Å². The first-order valence-electron chi connectivity index (χ1n) is 6.48. The minimum Gasteiger partial charge on any atom is -0.382 e. The monoisotopic (exact) mass is 266 g/mol. The number of likely N-dealkylation sites (N-methyl/N-ethyl adjacent to an activating group) is 1. The third-order valence-electron chi connectivity index (χ3n) is 2.96. The van der Waals surface area contributed by atoms with E-state index < -0.39 is 0 Å². The molecular formula is C14H22N2O3. The summed E-state index contributed by atoms with van der Waals surface area (Å²) in [5.41, 5.74) is 2.48. The second-order valence-electron chi connectivity index (χ2n) is 4.25. The highest BCUT2D eigenvalue weighted by Gasteiger charge is 2.06. The van der Waals surface area contributed by atoms with Crippen LogP contribution in [0.2, 0.25) is 0 Å². The van der Waals surface area contributed by atoms with Crippen molar-refractivity contribution in [3.63, 3.8) is 0 Å². The fourth-order valence-electron chi connectivity index (χ4n) is 1.83. The number of nitroso groups, excluding NO2 is 1. The van der Waals surface area contributed by atoms with Gasteiger partial charge in [0.1, 0.15) is 5.69 Å². The van der Waals surface area contributed by atoms with E-state index in [1.54, 1.807) is 13.2 Å². The van der Waals surface area contributed by atoms with E-state index >= 15 is 0 Å². The maximum Gasteiger partial charge on any atom is 0.111 e. The zero-order valence-electron chi connectivity index (χ0n) is 11.9. The molecule has 0 aliphatic carbocycles. The van der Waals surface area contributed by atoms with Crippen LogP contribution in [0.15, 0.2) is 23.4 Å². The summed E-state index contributed by atoms with van der Waals surface area (Å²) < 4.78 is 10.4. The van der Waals surface area contributed by atoms with Crippen molar-refractivity contribution in [2.75, 3.05) is 44.9 Å². The molecule has 0 bridgehead atoms. The molecule has 0 unspecified atom stereocenters. The van der Waals surface area contributed by atoms with Crippen molar-refractivity contribution in [2.45, 2.75) is 13.8 Å². The Labute approximate surface area is 114 Å². The lowest BCUT2D eigenvalue weighted by Gasteiger charge is -2.23. The summed E-state index contributed by atoms with van der Waals surface area (Å²) in [6, 6.07) is 5.66. The molecule has 0 spiro atoms. The van der Waals surface area contributed by atoms with E-state index in [2.05, 4.69) is 17.0 Å². The van der Waals surface area contributed by atoms with Gasteiger partial charge in [0, 0.05) is 25.9 Å². The van der Waals surface area contributed by atoms with Gasteiger partial charge in [-0.15, -0.1) is 4.91 Å². The maximum atomic E-state index is 10.6. The van der Waals surface area contributed by atoms with Crippen molar-refractivity contribution >= 4 is 11.4 Å². The van der Waals surface area contributed by atoms with E-state index in [0.29, 0.717) is 25.5 Å². The number of nitrogens with zero attached hydrogens (tertiary/aromatic N) is 2. The van der Waals surface area contributed by atoms with Gasteiger partial charge in [-0.3, -0.25) is 0 Å². The van der Waals surface area contributed by atoms with Gasteiger partial charge >= 0.3 is 0 Å². The summed E-state index contributed by atoms with van der Waals surface area (Å²) in [6.07, 6.45) is 0. The molecule has 1 aromatic carbocycles. The van der Waals surface area contributed by atoms with Crippen LogP contribution < -0.4 is 4.90 Å². The zero-order chi connectivity index (χ0) is 14.1. The number of ether oxygens (including phenoxy) is 2. The highest BCUT2D eigenvalue weighted by Crippen LogP contribution is 2.24. The minimum atomic E-state index is 0.496. The molecule has 0 heterocycles. The molecule has 1 rings (SSSR count). The zero-order valence-corrected chi connectivity index (χ0v) is 11.9. The number of benzene rings is 1. The van der Waals surface area contributed by atoms with Crippen molar-refractivity contribution in [1.29, 1.82) is 0 Å². The van der Waals surface area contributed by atoms with Crippen LogP contribution in [0, 0.1) is 11.8 Å². The normalized spacial score (nSPS) is 10.5. The third-order valence-corrected chi connectivity index (χ3v) is 2.96. The van der Waals surface area contributed by atoms with Crippen molar-refractivity contribution in [1.82, 2.24) is 0 Å². The van der Waals surface area contributed by atoms with Crippen LogP contribution in [0.25, 0.3) is 0 Å². The molecule has 0 aliphatic rings. The Morgan fingerprint density at radius 3 is 2.63 bits per heavy atom. The lowest BCUT2D eigenvalue weighted by Crippen LogP contribution is -2.27. The summed E-state index contributed by atoms with van der Waals surface area (Å²) in [6.45, 7) is 7.57. The summed E-state index contributed by atoms with van der Waals surface area (Å²) in [7, 11) is 1.66. The van der Waals surface area contributed by atoms with E-state index in [-0.39, 0.29) is 0 Å². The number of hydrogen-bond donors (Lipinski definition) is 0. The Kier molecular flexibility index (Phi) is 7.07. The maximum absolute atomic E-state index is 10.6. The lowest BCUT2D eigenvalue weighted by atomic mass is 10.1. The lowest BCUT2D eigenvalue weighted by molar-refractivity contribution is 0.0741. The van der Waals surface area contributed by atoms with Crippen molar-refractivity contribution < 1.29 is 9.47 Å². The summed E-state index contributed by atoms with van der Waals surface area (Å²) in [4.78, 5) is 12.8. The predicted molar refractivity (Wildman–Crippen MR) is 77.2 cm³/mol. The fourth-order valence-corrected chi connectivity index (χ4v) is 1.83. The Bertz CT molecular complexity index is 396. The number of rotatable bonds is 9. The van der Waals surface area contributed by atoms with Crippen molar-refractivity contribution in [3.8, 4) is 0 Å². The number of anilines is 1. The van der Waals surface area contributed by atoms with E-state index in [1.165, 1.54) is 0 Å². The highest BCUT2D eigenvalue weighted by atomic mass is 16.5. The molecule has 0 fully saturated rings. The van der Waals surface area contributed by atoms with Gasteiger partial charge in [0.05, 0.1) is 19.8 Å². The Balaban J connectivity index is 2.54. The van der Waals surface area contributed by atoms with Gasteiger partial charge in [-0.2, -0.15) is 0 Å². The smallest absolute Gasteiger partial charge is 0.111 e. The summed E-state index contributed by atoms with van der Waals surface area (Å²) in [5.74, 6) is 0. The van der Waals surface area contributed by atoms with Gasteiger partial charge < -0.3 is 14.4 Å². The molecule has 19 heavy (non-hydrogen) atoms. The quantitative estimate of drug-likeness (QED) is 0.509. The van der Waals surface area contributed by atoms with E-state index in [9.17, 15) is 4.91 Å². The standard InChI is InChI=1S/C14H22N2O3/c1-4-16(7-8-19-10-9-18-3)13-5-6-14(15-17)12(2)11-13/h5-6,11H,4,7-10H2,1-3H3. The van der Waals surface area contributed by atoms with Gasteiger partial charge in [-0.1, -0.05) is 0 Å². The molecule has 0 N–H and O–H groups in total. The Hall–Kier alpha value is -1.46. The van der Waals surface area contributed by atoms with Gasteiger partial charge in [0.25, 0.3) is 0 Å². The predicted octanol–water partition coefficient (Wildman–Crippen LogP) is 2.88. The first-order chi connectivity index (χ1) is 9.22. The van der Waals surface area contributed by atoms with Crippen molar-refractivity contribution in [3.05, 3.63) is 28.7 Å². The van der Waals surface area contributed by atoms with Crippen LogP contribution in [-0.2, 0) is 9.47 Å². The van der Waals surface area contributed by atoms with Gasteiger partial charge in [-0.25, -0.2) is 0 Å². The SMILES string of the molecule is CCN(CCOCCOC)c1ccc(N=O)c(C)c1. The molecule has 0 saturated carbocycles. The summed E-state index contributed by atoms with van der Waals surface area (Å²) in [5, 5.41) is 2.99.